The molecule has 0 aliphatic heterocycles. The van der Waals surface area contributed by atoms with E-state index in [0.717, 1.165) is 5.56 Å². The lowest BCUT2D eigenvalue weighted by Gasteiger charge is -2.11. The maximum atomic E-state index is 12.1. The molecule has 0 aliphatic rings. The second kappa shape index (κ2) is 7.73. The number of carbonyl (C=O) groups excluding carboxylic acids is 1. The Balaban J connectivity index is 1.97. The number of aliphatic hydroxyl groups is 2. The summed E-state index contributed by atoms with van der Waals surface area (Å²) in [6.45, 7) is 2.15. The first kappa shape index (κ1) is 16.2. The van der Waals surface area contributed by atoms with Crippen molar-refractivity contribution in [2.24, 2.45) is 0 Å². The van der Waals surface area contributed by atoms with Crippen LogP contribution in [0.15, 0.2) is 48.5 Å². The van der Waals surface area contributed by atoms with Crippen LogP contribution in [0.4, 0.5) is 0 Å². The summed E-state index contributed by atoms with van der Waals surface area (Å²) in [5.41, 5.74) is 2.36. The Morgan fingerprint density at radius 1 is 1.09 bits per heavy atom. The average molecular weight is 300 g/mol. The largest absolute Gasteiger partial charge is 0.491 e. The third kappa shape index (κ3) is 4.41. The van der Waals surface area contributed by atoms with Gasteiger partial charge in [-0.15, -0.1) is 0 Å². The van der Waals surface area contributed by atoms with Crippen LogP contribution in [0, 0.1) is 6.92 Å². The van der Waals surface area contributed by atoms with Crippen LogP contribution in [0.25, 0.3) is 0 Å². The van der Waals surface area contributed by atoms with Crippen LogP contribution in [0.5, 0.6) is 5.75 Å². The smallest absolute Gasteiger partial charge is 0.165 e. The van der Waals surface area contributed by atoms with Crippen molar-refractivity contribution in [1.29, 1.82) is 0 Å². The lowest BCUT2D eigenvalue weighted by atomic mass is 9.99. The SMILES string of the molecule is Cc1ccc(C(=O)CC(O)c2ccc(OCCO)cc2)cc1. The minimum absolute atomic E-state index is 0.0416. The van der Waals surface area contributed by atoms with Crippen molar-refractivity contribution in [1.82, 2.24) is 0 Å². The Morgan fingerprint density at radius 3 is 2.32 bits per heavy atom. The van der Waals surface area contributed by atoms with Gasteiger partial charge >= 0.3 is 0 Å². The molecule has 2 aromatic rings. The molecule has 0 heterocycles. The molecule has 1 unspecified atom stereocenters. The van der Waals surface area contributed by atoms with Gasteiger partial charge in [0.1, 0.15) is 12.4 Å². The Morgan fingerprint density at radius 2 is 1.73 bits per heavy atom. The Labute approximate surface area is 130 Å². The van der Waals surface area contributed by atoms with E-state index in [9.17, 15) is 9.90 Å². The first-order chi connectivity index (χ1) is 10.6. The second-order valence-corrected chi connectivity index (χ2v) is 5.15. The maximum absolute atomic E-state index is 12.1. The zero-order chi connectivity index (χ0) is 15.9. The molecule has 22 heavy (non-hydrogen) atoms. The number of aliphatic hydroxyl groups excluding tert-OH is 2. The zero-order valence-electron chi connectivity index (χ0n) is 12.5. The van der Waals surface area contributed by atoms with Gasteiger partial charge in [0, 0.05) is 12.0 Å². The van der Waals surface area contributed by atoms with Gasteiger partial charge in [-0.05, 0) is 24.6 Å². The topological polar surface area (TPSA) is 66.8 Å². The summed E-state index contributed by atoms with van der Waals surface area (Å²) in [6.07, 6.45) is -0.805. The van der Waals surface area contributed by atoms with Gasteiger partial charge in [0.2, 0.25) is 0 Å². The predicted octanol–water partition coefficient (Wildman–Crippen LogP) is 2.67. The summed E-state index contributed by atoms with van der Waals surface area (Å²) < 4.78 is 5.25. The highest BCUT2D eigenvalue weighted by Crippen LogP contribution is 2.22. The highest BCUT2D eigenvalue weighted by Gasteiger charge is 2.14. The van der Waals surface area contributed by atoms with Crippen LogP contribution < -0.4 is 4.74 Å². The number of ketones is 1. The third-order valence-electron chi connectivity index (χ3n) is 3.38. The number of Topliss-reactive ketones (excluding diaryl/α,β-unsaturated/α-hetero) is 1. The lowest BCUT2D eigenvalue weighted by molar-refractivity contribution is 0.0880. The third-order valence-corrected chi connectivity index (χ3v) is 3.38. The van der Waals surface area contributed by atoms with Gasteiger partial charge < -0.3 is 14.9 Å². The van der Waals surface area contributed by atoms with Crippen LogP contribution in [0.2, 0.25) is 0 Å². The molecular weight excluding hydrogens is 280 g/mol. The van der Waals surface area contributed by atoms with Crippen molar-refractivity contribution in [3.8, 4) is 5.75 Å². The minimum atomic E-state index is -0.847. The van der Waals surface area contributed by atoms with Crippen molar-refractivity contribution in [2.45, 2.75) is 19.4 Å². The predicted molar refractivity (Wildman–Crippen MR) is 84.1 cm³/mol. The summed E-state index contributed by atoms with van der Waals surface area (Å²) in [6, 6.07) is 14.2. The van der Waals surface area contributed by atoms with E-state index >= 15 is 0 Å². The summed E-state index contributed by atoms with van der Waals surface area (Å²) in [7, 11) is 0. The monoisotopic (exact) mass is 300 g/mol. The van der Waals surface area contributed by atoms with Gasteiger partial charge in [-0.3, -0.25) is 4.79 Å². The summed E-state index contributed by atoms with van der Waals surface area (Å²) in [5.74, 6) is 0.531. The van der Waals surface area contributed by atoms with Crippen LogP contribution in [0.1, 0.15) is 34.0 Å². The lowest BCUT2D eigenvalue weighted by Crippen LogP contribution is -2.07. The number of aryl methyl sites for hydroxylation is 1. The average Bonchev–Trinajstić information content (AvgIpc) is 2.54. The standard InChI is InChI=1S/C18H20O4/c1-13-2-4-14(5-3-13)17(20)12-18(21)15-6-8-16(9-7-15)22-11-10-19/h2-9,18-19,21H,10-12H2,1H3. The fourth-order valence-electron chi connectivity index (χ4n) is 2.10. The molecule has 2 N–H and O–H groups in total. The van der Waals surface area contributed by atoms with Crippen LogP contribution in [0.3, 0.4) is 0 Å². The molecular formula is C18H20O4. The van der Waals surface area contributed by atoms with Crippen LogP contribution in [-0.4, -0.2) is 29.2 Å². The number of benzene rings is 2. The minimum Gasteiger partial charge on any atom is -0.491 e. The Hall–Kier alpha value is -2.17. The van der Waals surface area contributed by atoms with E-state index in [-0.39, 0.29) is 25.4 Å². The quantitative estimate of drug-likeness (QED) is 0.772. The van der Waals surface area contributed by atoms with Crippen LogP contribution in [-0.2, 0) is 0 Å². The molecule has 0 bridgehead atoms. The van der Waals surface area contributed by atoms with E-state index in [2.05, 4.69) is 0 Å². The molecule has 2 rings (SSSR count). The molecule has 0 aliphatic carbocycles. The first-order valence-electron chi connectivity index (χ1n) is 7.21. The summed E-state index contributed by atoms with van der Waals surface area (Å²) in [5, 5.41) is 18.9. The van der Waals surface area contributed by atoms with E-state index < -0.39 is 6.10 Å². The van der Waals surface area contributed by atoms with E-state index in [1.807, 2.05) is 19.1 Å². The van der Waals surface area contributed by atoms with E-state index in [4.69, 9.17) is 9.84 Å². The van der Waals surface area contributed by atoms with Crippen molar-refractivity contribution in [3.05, 3.63) is 65.2 Å². The van der Waals surface area contributed by atoms with E-state index in [1.165, 1.54) is 0 Å². The maximum Gasteiger partial charge on any atom is 0.165 e. The summed E-state index contributed by atoms with van der Waals surface area (Å²) in [4.78, 5) is 12.1. The van der Waals surface area contributed by atoms with E-state index in [1.54, 1.807) is 36.4 Å². The van der Waals surface area contributed by atoms with Crippen LogP contribution >= 0.6 is 0 Å². The number of carbonyl (C=O) groups is 1. The van der Waals surface area contributed by atoms with Gasteiger partial charge in [-0.1, -0.05) is 42.0 Å². The highest BCUT2D eigenvalue weighted by molar-refractivity contribution is 5.96. The molecule has 0 saturated heterocycles. The molecule has 0 saturated carbocycles. The number of hydrogen-bond acceptors (Lipinski definition) is 4. The van der Waals surface area contributed by atoms with Gasteiger partial charge in [-0.25, -0.2) is 0 Å². The molecule has 0 radical (unpaired) electrons. The molecule has 4 heteroatoms. The van der Waals surface area contributed by atoms with Gasteiger partial charge in [-0.2, -0.15) is 0 Å². The second-order valence-electron chi connectivity index (χ2n) is 5.15. The van der Waals surface area contributed by atoms with Gasteiger partial charge in [0.05, 0.1) is 12.7 Å². The van der Waals surface area contributed by atoms with E-state index in [0.29, 0.717) is 16.9 Å². The summed E-state index contributed by atoms with van der Waals surface area (Å²) >= 11 is 0. The normalized spacial score (nSPS) is 12.0. The van der Waals surface area contributed by atoms with Gasteiger partial charge in [0.25, 0.3) is 0 Å². The van der Waals surface area contributed by atoms with Crippen molar-refractivity contribution in [3.63, 3.8) is 0 Å². The van der Waals surface area contributed by atoms with Gasteiger partial charge in [0.15, 0.2) is 5.78 Å². The molecule has 0 fully saturated rings. The fourth-order valence-corrected chi connectivity index (χ4v) is 2.10. The Kier molecular flexibility index (Phi) is 5.69. The highest BCUT2D eigenvalue weighted by atomic mass is 16.5. The molecule has 116 valence electrons. The molecule has 0 aromatic heterocycles. The molecule has 0 amide bonds. The molecule has 0 spiro atoms. The molecule has 1 atom stereocenters. The van der Waals surface area contributed by atoms with Crippen molar-refractivity contribution >= 4 is 5.78 Å². The zero-order valence-corrected chi connectivity index (χ0v) is 12.5. The molecule has 2 aromatic carbocycles. The van der Waals surface area contributed by atoms with Crippen molar-refractivity contribution in [2.75, 3.05) is 13.2 Å². The number of hydrogen-bond donors (Lipinski definition) is 2. The Bertz CT molecular complexity index is 602. The molecule has 4 nitrogen and oxygen atoms in total. The first-order valence-corrected chi connectivity index (χ1v) is 7.21. The fraction of sp³-hybridized carbons (Fsp3) is 0.278. The number of ether oxygens (including phenoxy) is 1. The number of rotatable bonds is 7. The van der Waals surface area contributed by atoms with Crippen molar-refractivity contribution < 1.29 is 19.7 Å².